The van der Waals surface area contributed by atoms with E-state index in [2.05, 4.69) is 24.1 Å². The molecule has 0 saturated carbocycles. The van der Waals surface area contributed by atoms with Crippen LogP contribution >= 0.6 is 23.2 Å². The van der Waals surface area contributed by atoms with Crippen molar-refractivity contribution >= 4 is 34.8 Å². The van der Waals surface area contributed by atoms with E-state index < -0.39 is 0 Å². The second-order valence-electron chi connectivity index (χ2n) is 8.98. The summed E-state index contributed by atoms with van der Waals surface area (Å²) in [6.07, 6.45) is 2.99. The highest BCUT2D eigenvalue weighted by Crippen LogP contribution is 2.51. The minimum Gasteiger partial charge on any atom is -0.343 e. The number of rotatable bonds is 2. The summed E-state index contributed by atoms with van der Waals surface area (Å²) in [7, 11) is 0. The van der Waals surface area contributed by atoms with Crippen LogP contribution < -0.4 is 5.32 Å². The molecule has 2 aromatic heterocycles. The monoisotopic (exact) mass is 452 g/mol. The predicted molar refractivity (Wildman–Crippen MR) is 123 cm³/mol. The van der Waals surface area contributed by atoms with E-state index in [1.165, 1.54) is 0 Å². The maximum Gasteiger partial charge on any atom is 0.162 e. The van der Waals surface area contributed by atoms with Crippen LogP contribution in [0.15, 0.2) is 53.9 Å². The van der Waals surface area contributed by atoms with Gasteiger partial charge in [-0.3, -0.25) is 4.79 Å². The van der Waals surface area contributed by atoms with Crippen LogP contribution in [0, 0.1) is 12.3 Å². The Bertz CT molecular complexity index is 1240. The number of hydrogen-bond donors (Lipinski definition) is 1. The van der Waals surface area contributed by atoms with Gasteiger partial charge < -0.3 is 5.32 Å². The number of aryl methyl sites for hydroxylation is 1. The van der Waals surface area contributed by atoms with Crippen molar-refractivity contribution in [3.63, 3.8) is 0 Å². The molecule has 0 radical (unpaired) electrons. The molecule has 3 aromatic rings. The molecule has 0 unspecified atom stereocenters. The number of fused-ring (bicyclic) bond motifs is 1. The van der Waals surface area contributed by atoms with E-state index in [4.69, 9.17) is 28.3 Å². The van der Waals surface area contributed by atoms with E-state index in [9.17, 15) is 4.79 Å². The van der Waals surface area contributed by atoms with E-state index >= 15 is 0 Å². The van der Waals surface area contributed by atoms with Gasteiger partial charge in [-0.1, -0.05) is 55.2 Å². The Hall–Kier alpha value is -2.63. The summed E-state index contributed by atoms with van der Waals surface area (Å²) in [5.41, 5.74) is 4.13. The number of allylic oxidation sites excluding steroid dienone is 2. The topological polar surface area (TPSA) is 59.8 Å². The smallest absolute Gasteiger partial charge is 0.162 e. The summed E-state index contributed by atoms with van der Waals surface area (Å²) in [4.78, 5) is 17.9. The van der Waals surface area contributed by atoms with E-state index in [-0.39, 0.29) is 17.1 Å². The lowest BCUT2D eigenvalue weighted by Gasteiger charge is -2.39. The number of hydrogen-bond acceptors (Lipinski definition) is 4. The van der Waals surface area contributed by atoms with Crippen LogP contribution in [0.4, 0.5) is 5.82 Å². The van der Waals surface area contributed by atoms with Crippen molar-refractivity contribution in [3.8, 4) is 5.82 Å². The van der Waals surface area contributed by atoms with Crippen LogP contribution in [-0.2, 0) is 4.79 Å². The van der Waals surface area contributed by atoms with Gasteiger partial charge in [-0.05, 0) is 42.5 Å². The fraction of sp³-hybridized carbons (Fsp3) is 0.292. The number of carbonyl (C=O) groups is 1. The van der Waals surface area contributed by atoms with Crippen LogP contribution in [0.1, 0.15) is 49.4 Å². The maximum absolute atomic E-state index is 13.4. The van der Waals surface area contributed by atoms with Gasteiger partial charge in [0.25, 0.3) is 0 Å². The van der Waals surface area contributed by atoms with Crippen molar-refractivity contribution in [3.05, 3.63) is 80.7 Å². The molecule has 1 atom stereocenters. The molecule has 31 heavy (non-hydrogen) atoms. The molecule has 5 rings (SSSR count). The molecule has 0 amide bonds. The molecule has 1 aliphatic heterocycles. The van der Waals surface area contributed by atoms with Crippen LogP contribution in [-0.4, -0.2) is 20.5 Å². The van der Waals surface area contributed by atoms with Crippen molar-refractivity contribution in [1.82, 2.24) is 14.8 Å². The van der Waals surface area contributed by atoms with Gasteiger partial charge in [0.1, 0.15) is 5.82 Å². The number of halogens is 2. The number of carbonyl (C=O) groups excluding carboxylic acids is 1. The van der Waals surface area contributed by atoms with E-state index in [0.29, 0.717) is 22.3 Å². The fourth-order valence-electron chi connectivity index (χ4n) is 4.77. The summed E-state index contributed by atoms with van der Waals surface area (Å²) in [6.45, 7) is 6.19. The standard InChI is InChI=1S/C24H22Cl2N4O/c1-13-19-20(14-7-6-8-15(25)22(14)26)21-16(11-24(2,3)12-17(21)31)28-23(19)30(29-13)18-9-4-5-10-27-18/h4-10,20,28H,11-12H2,1-3H3/t20-/m1/s1. The Morgan fingerprint density at radius 1 is 1.13 bits per heavy atom. The summed E-state index contributed by atoms with van der Waals surface area (Å²) < 4.78 is 1.81. The fourth-order valence-corrected chi connectivity index (χ4v) is 5.19. The largest absolute Gasteiger partial charge is 0.343 e. The molecule has 2 aliphatic rings. The summed E-state index contributed by atoms with van der Waals surface area (Å²) in [5.74, 6) is 1.33. The molecule has 1 N–H and O–H groups in total. The summed E-state index contributed by atoms with van der Waals surface area (Å²) in [5, 5.41) is 9.28. The lowest BCUT2D eigenvalue weighted by molar-refractivity contribution is -0.118. The Labute approximate surface area is 191 Å². The molecular weight excluding hydrogens is 431 g/mol. The van der Waals surface area contributed by atoms with Gasteiger partial charge in [0.2, 0.25) is 0 Å². The van der Waals surface area contributed by atoms with Crippen molar-refractivity contribution < 1.29 is 4.79 Å². The summed E-state index contributed by atoms with van der Waals surface area (Å²) in [6, 6.07) is 11.3. The van der Waals surface area contributed by atoms with E-state index in [1.807, 2.05) is 41.9 Å². The Morgan fingerprint density at radius 3 is 2.68 bits per heavy atom. The van der Waals surface area contributed by atoms with Crippen molar-refractivity contribution in [1.29, 1.82) is 0 Å². The number of anilines is 1. The third kappa shape index (κ3) is 3.27. The van der Waals surface area contributed by atoms with Gasteiger partial charge in [0, 0.05) is 35.4 Å². The third-order valence-electron chi connectivity index (χ3n) is 6.03. The first-order chi connectivity index (χ1) is 14.8. The average molecular weight is 453 g/mol. The van der Waals surface area contributed by atoms with Crippen LogP contribution in [0.5, 0.6) is 0 Å². The molecule has 0 fully saturated rings. The van der Waals surface area contributed by atoms with Gasteiger partial charge in [0.15, 0.2) is 11.6 Å². The molecule has 0 spiro atoms. The normalized spacial score (nSPS) is 19.6. The number of ketones is 1. The minimum absolute atomic E-state index is 0.131. The predicted octanol–water partition coefficient (Wildman–Crippen LogP) is 6.08. The first-order valence-electron chi connectivity index (χ1n) is 10.2. The highest BCUT2D eigenvalue weighted by atomic mass is 35.5. The molecule has 1 aliphatic carbocycles. The number of nitrogens with zero attached hydrogens (tertiary/aromatic N) is 3. The molecular formula is C24H22Cl2N4O. The molecule has 7 heteroatoms. The zero-order valence-electron chi connectivity index (χ0n) is 17.5. The zero-order valence-corrected chi connectivity index (χ0v) is 19.1. The van der Waals surface area contributed by atoms with Crippen LogP contribution in [0.2, 0.25) is 10.0 Å². The van der Waals surface area contributed by atoms with Crippen LogP contribution in [0.25, 0.3) is 5.82 Å². The second-order valence-corrected chi connectivity index (χ2v) is 9.77. The SMILES string of the molecule is Cc1nn(-c2ccccn2)c2c1[C@@H](c1cccc(Cl)c1Cl)C1=C(CC(C)(C)CC1=O)N2. The van der Waals surface area contributed by atoms with E-state index in [1.54, 1.807) is 12.3 Å². The molecule has 158 valence electrons. The highest BCUT2D eigenvalue weighted by molar-refractivity contribution is 6.42. The number of benzene rings is 1. The Kier molecular flexibility index (Phi) is 4.72. The average Bonchev–Trinajstić information content (AvgIpc) is 3.05. The van der Waals surface area contributed by atoms with Crippen molar-refractivity contribution in [2.24, 2.45) is 5.41 Å². The zero-order chi connectivity index (χ0) is 21.9. The number of nitrogens with one attached hydrogen (secondary N) is 1. The number of pyridine rings is 1. The lowest BCUT2D eigenvalue weighted by atomic mass is 9.69. The van der Waals surface area contributed by atoms with Gasteiger partial charge in [-0.15, -0.1) is 0 Å². The van der Waals surface area contributed by atoms with Crippen molar-refractivity contribution in [2.75, 3.05) is 5.32 Å². The molecule has 0 saturated heterocycles. The second kappa shape index (κ2) is 7.21. The quantitative estimate of drug-likeness (QED) is 0.511. The first kappa shape index (κ1) is 20.3. The van der Waals surface area contributed by atoms with Gasteiger partial charge in [-0.25, -0.2) is 4.98 Å². The highest BCUT2D eigenvalue weighted by Gasteiger charge is 2.43. The maximum atomic E-state index is 13.4. The van der Waals surface area contributed by atoms with Gasteiger partial charge >= 0.3 is 0 Å². The van der Waals surface area contributed by atoms with Gasteiger partial charge in [0.05, 0.1) is 15.7 Å². The van der Waals surface area contributed by atoms with Crippen molar-refractivity contribution in [2.45, 2.75) is 39.5 Å². The molecule has 5 nitrogen and oxygen atoms in total. The summed E-state index contributed by atoms with van der Waals surface area (Å²) >= 11 is 13.1. The number of aromatic nitrogens is 3. The number of Topliss-reactive ketones (excluding diaryl/α,β-unsaturated/α-hetero) is 1. The molecule has 0 bridgehead atoms. The van der Waals surface area contributed by atoms with Crippen LogP contribution in [0.3, 0.4) is 0 Å². The molecule has 3 heterocycles. The van der Waals surface area contributed by atoms with Gasteiger partial charge in [-0.2, -0.15) is 9.78 Å². The third-order valence-corrected chi connectivity index (χ3v) is 6.87. The Balaban J connectivity index is 1.80. The molecule has 1 aromatic carbocycles. The van der Waals surface area contributed by atoms with E-state index in [0.717, 1.165) is 40.3 Å². The lowest BCUT2D eigenvalue weighted by Crippen LogP contribution is -2.34. The minimum atomic E-state index is -0.335. The Morgan fingerprint density at radius 2 is 1.94 bits per heavy atom. The first-order valence-corrected chi connectivity index (χ1v) is 11.0.